The number of aromatic hydroxyl groups is 1. The molecule has 5 heteroatoms. The van der Waals surface area contributed by atoms with E-state index in [0.717, 1.165) is 6.07 Å². The second kappa shape index (κ2) is 2.73. The number of carboxylic acid groups (broad SMARTS) is 1. The van der Waals surface area contributed by atoms with Crippen molar-refractivity contribution in [1.82, 2.24) is 4.98 Å². The maximum absolute atomic E-state index is 13.1. The number of halogens is 1. The summed E-state index contributed by atoms with van der Waals surface area (Å²) < 4.78 is 13.1. The van der Waals surface area contributed by atoms with Gasteiger partial charge in [0.25, 0.3) is 0 Å². The summed E-state index contributed by atoms with van der Waals surface area (Å²) in [4.78, 5) is 13.3. The van der Waals surface area contributed by atoms with E-state index >= 15 is 0 Å². The number of aromatic amines is 1. The third-order valence-corrected chi connectivity index (χ3v) is 1.99. The van der Waals surface area contributed by atoms with Crippen LogP contribution in [0.1, 0.15) is 10.4 Å². The highest BCUT2D eigenvalue weighted by molar-refractivity contribution is 5.99. The second-order valence-corrected chi connectivity index (χ2v) is 2.83. The van der Waals surface area contributed by atoms with Crippen LogP contribution >= 0.6 is 0 Å². The van der Waals surface area contributed by atoms with E-state index in [1.165, 1.54) is 12.3 Å². The van der Waals surface area contributed by atoms with E-state index in [9.17, 15) is 14.3 Å². The molecule has 72 valence electrons. The van der Waals surface area contributed by atoms with Crippen LogP contribution in [0.25, 0.3) is 10.9 Å². The third-order valence-electron chi connectivity index (χ3n) is 1.99. The van der Waals surface area contributed by atoms with Crippen molar-refractivity contribution in [1.29, 1.82) is 0 Å². The molecular formula is C9H6FNO3. The van der Waals surface area contributed by atoms with Gasteiger partial charge < -0.3 is 15.2 Å². The number of benzene rings is 1. The van der Waals surface area contributed by atoms with Gasteiger partial charge in [0.15, 0.2) is 0 Å². The summed E-state index contributed by atoms with van der Waals surface area (Å²) in [6.07, 6.45) is 1.50. The smallest absolute Gasteiger partial charge is 0.342 e. The molecule has 1 aromatic carbocycles. The van der Waals surface area contributed by atoms with E-state index < -0.39 is 23.1 Å². The van der Waals surface area contributed by atoms with Gasteiger partial charge >= 0.3 is 5.97 Å². The number of aromatic nitrogens is 1. The van der Waals surface area contributed by atoms with Crippen molar-refractivity contribution < 1.29 is 19.4 Å². The number of fused-ring (bicyclic) bond motifs is 1. The lowest BCUT2D eigenvalue weighted by molar-refractivity contribution is 0.0689. The van der Waals surface area contributed by atoms with Gasteiger partial charge in [0, 0.05) is 11.6 Å². The first-order valence-electron chi connectivity index (χ1n) is 3.83. The predicted octanol–water partition coefficient (Wildman–Crippen LogP) is 1.71. The fourth-order valence-electron chi connectivity index (χ4n) is 1.36. The van der Waals surface area contributed by atoms with Crippen molar-refractivity contribution in [3.63, 3.8) is 0 Å². The number of hydrogen-bond donors (Lipinski definition) is 3. The molecule has 0 fully saturated rings. The van der Waals surface area contributed by atoms with Gasteiger partial charge in [-0.25, -0.2) is 9.18 Å². The Balaban J connectivity index is 2.89. The molecule has 14 heavy (non-hydrogen) atoms. The van der Waals surface area contributed by atoms with Gasteiger partial charge in [0.1, 0.15) is 17.1 Å². The van der Waals surface area contributed by atoms with Crippen molar-refractivity contribution >= 4 is 16.9 Å². The fraction of sp³-hybridized carbons (Fsp3) is 0. The first kappa shape index (κ1) is 8.55. The maximum atomic E-state index is 13.1. The Morgan fingerprint density at radius 1 is 1.50 bits per heavy atom. The standard InChI is InChI=1S/C9H6FNO3/c10-5-3-6-4(1-2-11-6)8(12)7(5)9(13)14/h1-3,11-12H,(H,13,14). The van der Waals surface area contributed by atoms with Gasteiger partial charge in [-0.1, -0.05) is 0 Å². The van der Waals surface area contributed by atoms with E-state index in [-0.39, 0.29) is 0 Å². The van der Waals surface area contributed by atoms with Crippen LogP contribution in [0, 0.1) is 5.82 Å². The van der Waals surface area contributed by atoms with Crippen LogP contribution < -0.4 is 0 Å². The molecule has 0 saturated heterocycles. The quantitative estimate of drug-likeness (QED) is 0.648. The van der Waals surface area contributed by atoms with Gasteiger partial charge in [-0.2, -0.15) is 0 Å². The molecule has 0 bridgehead atoms. The molecule has 4 nitrogen and oxygen atoms in total. The van der Waals surface area contributed by atoms with Crippen molar-refractivity contribution in [2.75, 3.05) is 0 Å². The first-order valence-corrected chi connectivity index (χ1v) is 3.83. The van der Waals surface area contributed by atoms with Gasteiger partial charge in [0.2, 0.25) is 0 Å². The molecule has 0 aliphatic carbocycles. The highest BCUT2D eigenvalue weighted by Gasteiger charge is 2.19. The molecule has 3 N–H and O–H groups in total. The maximum Gasteiger partial charge on any atom is 0.342 e. The minimum absolute atomic E-state index is 0.295. The van der Waals surface area contributed by atoms with Crippen molar-refractivity contribution in [2.45, 2.75) is 0 Å². The van der Waals surface area contributed by atoms with Crippen LogP contribution in [-0.4, -0.2) is 21.2 Å². The fourth-order valence-corrected chi connectivity index (χ4v) is 1.36. The molecule has 1 aromatic heterocycles. The number of aromatic carboxylic acids is 1. The van der Waals surface area contributed by atoms with Crippen LogP contribution in [-0.2, 0) is 0 Å². The zero-order valence-corrected chi connectivity index (χ0v) is 6.91. The van der Waals surface area contributed by atoms with Crippen LogP contribution in [0.5, 0.6) is 5.75 Å². The van der Waals surface area contributed by atoms with E-state index in [0.29, 0.717) is 10.9 Å². The second-order valence-electron chi connectivity index (χ2n) is 2.83. The van der Waals surface area contributed by atoms with E-state index in [2.05, 4.69) is 4.98 Å². The number of nitrogens with one attached hydrogen (secondary N) is 1. The summed E-state index contributed by atoms with van der Waals surface area (Å²) in [5.74, 6) is -2.98. The summed E-state index contributed by atoms with van der Waals surface area (Å²) in [6.45, 7) is 0. The topological polar surface area (TPSA) is 73.3 Å². The average Bonchev–Trinajstić information content (AvgIpc) is 2.50. The Bertz CT molecular complexity index is 518. The third kappa shape index (κ3) is 1.02. The van der Waals surface area contributed by atoms with Gasteiger partial charge in [0.05, 0.1) is 5.52 Å². The number of H-pyrrole nitrogens is 1. The molecule has 2 rings (SSSR count). The lowest BCUT2D eigenvalue weighted by Gasteiger charge is -2.02. The molecule has 0 amide bonds. The van der Waals surface area contributed by atoms with Crippen molar-refractivity contribution in [3.8, 4) is 5.75 Å². The molecule has 0 atom stereocenters. The van der Waals surface area contributed by atoms with Crippen molar-refractivity contribution in [3.05, 3.63) is 29.7 Å². The average molecular weight is 195 g/mol. The van der Waals surface area contributed by atoms with Gasteiger partial charge in [-0.3, -0.25) is 0 Å². The molecule has 0 unspecified atom stereocenters. The molecular weight excluding hydrogens is 189 g/mol. The Labute approximate surface area is 77.6 Å². The normalized spacial score (nSPS) is 10.6. The van der Waals surface area contributed by atoms with Gasteiger partial charge in [-0.05, 0) is 12.1 Å². The summed E-state index contributed by atoms with van der Waals surface area (Å²) >= 11 is 0. The molecule has 1 heterocycles. The monoisotopic (exact) mass is 195 g/mol. The SMILES string of the molecule is O=C(O)c1c(F)cc2[nH]ccc2c1O. The summed E-state index contributed by atoms with van der Waals surface area (Å²) in [5.41, 5.74) is -0.331. The summed E-state index contributed by atoms with van der Waals surface area (Å²) in [5, 5.41) is 18.4. The Morgan fingerprint density at radius 2 is 2.21 bits per heavy atom. The number of carboxylic acids is 1. The van der Waals surface area contributed by atoms with Crippen LogP contribution in [0.4, 0.5) is 4.39 Å². The largest absolute Gasteiger partial charge is 0.506 e. The van der Waals surface area contributed by atoms with Crippen LogP contribution in [0.2, 0.25) is 0 Å². The molecule has 0 radical (unpaired) electrons. The summed E-state index contributed by atoms with van der Waals surface area (Å²) in [6, 6.07) is 2.52. The van der Waals surface area contributed by atoms with E-state index in [1.54, 1.807) is 0 Å². The van der Waals surface area contributed by atoms with Crippen molar-refractivity contribution in [2.24, 2.45) is 0 Å². The minimum Gasteiger partial charge on any atom is -0.506 e. The highest BCUT2D eigenvalue weighted by atomic mass is 19.1. The first-order chi connectivity index (χ1) is 6.61. The number of phenols is 1. The predicted molar refractivity (Wildman–Crippen MR) is 46.9 cm³/mol. The van der Waals surface area contributed by atoms with Crippen LogP contribution in [0.15, 0.2) is 18.3 Å². The lowest BCUT2D eigenvalue weighted by atomic mass is 10.1. The number of rotatable bonds is 1. The molecule has 2 aromatic rings. The Morgan fingerprint density at radius 3 is 2.86 bits per heavy atom. The Kier molecular flexibility index (Phi) is 1.67. The number of hydrogen-bond acceptors (Lipinski definition) is 2. The molecule has 0 aliphatic rings. The molecule has 0 spiro atoms. The zero-order chi connectivity index (χ0) is 10.3. The van der Waals surface area contributed by atoms with E-state index in [1.807, 2.05) is 0 Å². The highest BCUT2D eigenvalue weighted by Crippen LogP contribution is 2.30. The Hall–Kier alpha value is -2.04. The summed E-state index contributed by atoms with van der Waals surface area (Å²) in [7, 11) is 0. The molecule has 0 saturated carbocycles. The lowest BCUT2D eigenvalue weighted by Crippen LogP contribution is -2.01. The molecule has 0 aliphatic heterocycles. The van der Waals surface area contributed by atoms with Crippen LogP contribution in [0.3, 0.4) is 0 Å². The van der Waals surface area contributed by atoms with E-state index in [4.69, 9.17) is 5.11 Å². The zero-order valence-electron chi connectivity index (χ0n) is 6.91. The minimum atomic E-state index is -1.48. The van der Waals surface area contributed by atoms with Gasteiger partial charge in [-0.15, -0.1) is 0 Å². The number of carbonyl (C=O) groups is 1.